The van der Waals surface area contributed by atoms with Crippen LogP contribution in [-0.4, -0.2) is 6.04 Å². The van der Waals surface area contributed by atoms with Gasteiger partial charge in [-0.15, -0.1) is 0 Å². The Kier molecular flexibility index (Phi) is 4.63. The molecule has 0 aromatic heterocycles. The van der Waals surface area contributed by atoms with Gasteiger partial charge in [0.1, 0.15) is 0 Å². The van der Waals surface area contributed by atoms with Gasteiger partial charge >= 0.3 is 0 Å². The van der Waals surface area contributed by atoms with E-state index in [0.29, 0.717) is 6.04 Å². The first kappa shape index (κ1) is 12.1. The van der Waals surface area contributed by atoms with Crippen LogP contribution < -0.4 is 11.1 Å². The molecule has 0 saturated carbocycles. The van der Waals surface area contributed by atoms with E-state index in [9.17, 15) is 0 Å². The molecule has 2 atom stereocenters. The molecule has 2 heteroatoms. The van der Waals surface area contributed by atoms with Crippen LogP contribution in [0.5, 0.6) is 0 Å². The molecule has 84 valence electrons. The summed E-state index contributed by atoms with van der Waals surface area (Å²) in [5, 5.41) is 3.48. The summed E-state index contributed by atoms with van der Waals surface area (Å²) in [6, 6.07) is 8.99. The number of nitrogens with one attached hydrogen (secondary N) is 1. The standard InChI is InChI=1S/C13H22N2/c1-4-6-10(2)15-13-8-5-7-12(9-13)11(3)14/h5,7-11,15H,4,6,14H2,1-3H3. The second-order valence-electron chi connectivity index (χ2n) is 4.25. The molecule has 1 aromatic rings. The van der Waals surface area contributed by atoms with E-state index in [1.165, 1.54) is 24.1 Å². The molecule has 0 radical (unpaired) electrons. The number of rotatable bonds is 5. The van der Waals surface area contributed by atoms with E-state index in [0.717, 1.165) is 0 Å². The minimum Gasteiger partial charge on any atom is -0.383 e. The van der Waals surface area contributed by atoms with Crippen LogP contribution in [0.2, 0.25) is 0 Å². The summed E-state index contributed by atoms with van der Waals surface area (Å²) < 4.78 is 0. The van der Waals surface area contributed by atoms with Gasteiger partial charge in [0.05, 0.1) is 0 Å². The summed E-state index contributed by atoms with van der Waals surface area (Å²) >= 11 is 0. The van der Waals surface area contributed by atoms with Crippen LogP contribution in [-0.2, 0) is 0 Å². The van der Waals surface area contributed by atoms with Crippen LogP contribution in [0, 0.1) is 0 Å². The summed E-state index contributed by atoms with van der Waals surface area (Å²) in [5.41, 5.74) is 8.20. The predicted octanol–water partition coefficient (Wildman–Crippen LogP) is 3.31. The number of benzene rings is 1. The lowest BCUT2D eigenvalue weighted by atomic mass is 10.1. The van der Waals surface area contributed by atoms with E-state index in [1.54, 1.807) is 0 Å². The lowest BCUT2D eigenvalue weighted by Crippen LogP contribution is -2.15. The molecular formula is C13H22N2. The first-order chi connectivity index (χ1) is 7.13. The zero-order valence-electron chi connectivity index (χ0n) is 9.96. The van der Waals surface area contributed by atoms with Crippen molar-refractivity contribution in [2.75, 3.05) is 5.32 Å². The maximum atomic E-state index is 5.84. The zero-order valence-corrected chi connectivity index (χ0v) is 9.96. The van der Waals surface area contributed by atoms with Crippen LogP contribution in [0.4, 0.5) is 5.69 Å². The SMILES string of the molecule is CCCC(C)Nc1cccc(C(C)N)c1. The van der Waals surface area contributed by atoms with Crippen molar-refractivity contribution in [2.24, 2.45) is 5.73 Å². The largest absolute Gasteiger partial charge is 0.383 e. The van der Waals surface area contributed by atoms with Crippen molar-refractivity contribution in [2.45, 2.75) is 45.7 Å². The number of anilines is 1. The maximum Gasteiger partial charge on any atom is 0.0345 e. The third-order valence-electron chi connectivity index (χ3n) is 2.55. The average Bonchev–Trinajstić information content (AvgIpc) is 2.18. The Bertz CT molecular complexity index is 294. The molecule has 2 nitrogen and oxygen atoms in total. The van der Waals surface area contributed by atoms with E-state index in [1.807, 2.05) is 6.92 Å². The average molecular weight is 206 g/mol. The monoisotopic (exact) mass is 206 g/mol. The van der Waals surface area contributed by atoms with Crippen LogP contribution in [0.15, 0.2) is 24.3 Å². The first-order valence-corrected chi connectivity index (χ1v) is 5.75. The highest BCUT2D eigenvalue weighted by molar-refractivity contribution is 5.47. The van der Waals surface area contributed by atoms with Gasteiger partial charge in [-0.25, -0.2) is 0 Å². The topological polar surface area (TPSA) is 38.0 Å². The zero-order chi connectivity index (χ0) is 11.3. The van der Waals surface area contributed by atoms with Crippen molar-refractivity contribution < 1.29 is 0 Å². The Morgan fingerprint density at radius 2 is 2.07 bits per heavy atom. The van der Waals surface area contributed by atoms with Gasteiger partial charge in [0, 0.05) is 17.8 Å². The summed E-state index contributed by atoms with van der Waals surface area (Å²) in [5.74, 6) is 0. The Morgan fingerprint density at radius 1 is 1.33 bits per heavy atom. The number of hydrogen-bond acceptors (Lipinski definition) is 2. The normalized spacial score (nSPS) is 14.7. The molecule has 0 bridgehead atoms. The van der Waals surface area contributed by atoms with Gasteiger partial charge in [0.25, 0.3) is 0 Å². The smallest absolute Gasteiger partial charge is 0.0345 e. The second-order valence-corrected chi connectivity index (χ2v) is 4.25. The highest BCUT2D eigenvalue weighted by Crippen LogP contribution is 2.17. The van der Waals surface area contributed by atoms with Crippen molar-refractivity contribution in [3.8, 4) is 0 Å². The first-order valence-electron chi connectivity index (χ1n) is 5.75. The molecule has 0 aliphatic carbocycles. The molecule has 1 rings (SSSR count). The lowest BCUT2D eigenvalue weighted by molar-refractivity contribution is 0.690. The third-order valence-corrected chi connectivity index (χ3v) is 2.55. The fourth-order valence-electron chi connectivity index (χ4n) is 1.70. The Morgan fingerprint density at radius 3 is 2.67 bits per heavy atom. The van der Waals surface area contributed by atoms with Crippen molar-refractivity contribution >= 4 is 5.69 Å². The minimum absolute atomic E-state index is 0.105. The van der Waals surface area contributed by atoms with Crippen molar-refractivity contribution in [3.05, 3.63) is 29.8 Å². The molecule has 0 spiro atoms. The van der Waals surface area contributed by atoms with Crippen molar-refractivity contribution in [1.82, 2.24) is 0 Å². The molecule has 3 N–H and O–H groups in total. The van der Waals surface area contributed by atoms with Gasteiger partial charge in [-0.3, -0.25) is 0 Å². The number of nitrogens with two attached hydrogens (primary N) is 1. The number of hydrogen-bond donors (Lipinski definition) is 2. The Labute approximate surface area is 92.9 Å². The molecule has 0 amide bonds. The third kappa shape index (κ3) is 3.92. The Balaban J connectivity index is 2.65. The van der Waals surface area contributed by atoms with E-state index in [2.05, 4.69) is 43.4 Å². The van der Waals surface area contributed by atoms with Gasteiger partial charge in [0.15, 0.2) is 0 Å². The quantitative estimate of drug-likeness (QED) is 0.775. The maximum absolute atomic E-state index is 5.84. The predicted molar refractivity (Wildman–Crippen MR) is 67.0 cm³/mol. The van der Waals surface area contributed by atoms with E-state index >= 15 is 0 Å². The summed E-state index contributed by atoms with van der Waals surface area (Å²) in [7, 11) is 0. The molecule has 0 aliphatic rings. The van der Waals surface area contributed by atoms with Crippen LogP contribution in [0.3, 0.4) is 0 Å². The lowest BCUT2D eigenvalue weighted by Gasteiger charge is -2.15. The van der Waals surface area contributed by atoms with Gasteiger partial charge in [-0.1, -0.05) is 25.5 Å². The van der Waals surface area contributed by atoms with Crippen molar-refractivity contribution in [3.63, 3.8) is 0 Å². The molecule has 0 saturated heterocycles. The molecule has 1 aromatic carbocycles. The highest BCUT2D eigenvalue weighted by atomic mass is 14.9. The fourth-order valence-corrected chi connectivity index (χ4v) is 1.70. The highest BCUT2D eigenvalue weighted by Gasteiger charge is 2.03. The molecule has 15 heavy (non-hydrogen) atoms. The van der Waals surface area contributed by atoms with Gasteiger partial charge < -0.3 is 11.1 Å². The summed E-state index contributed by atoms with van der Waals surface area (Å²) in [6.45, 7) is 6.42. The fraction of sp³-hybridized carbons (Fsp3) is 0.538. The van der Waals surface area contributed by atoms with Crippen LogP contribution >= 0.6 is 0 Å². The second kappa shape index (κ2) is 5.76. The minimum atomic E-state index is 0.105. The Hall–Kier alpha value is -1.02. The van der Waals surface area contributed by atoms with Gasteiger partial charge in [-0.2, -0.15) is 0 Å². The molecular weight excluding hydrogens is 184 g/mol. The molecule has 0 fully saturated rings. The summed E-state index contributed by atoms with van der Waals surface area (Å²) in [6.07, 6.45) is 2.41. The van der Waals surface area contributed by atoms with Gasteiger partial charge in [-0.05, 0) is 38.0 Å². The van der Waals surface area contributed by atoms with Gasteiger partial charge in [0.2, 0.25) is 0 Å². The molecule has 0 heterocycles. The van der Waals surface area contributed by atoms with Crippen LogP contribution in [0.25, 0.3) is 0 Å². The molecule has 0 aliphatic heterocycles. The summed E-state index contributed by atoms with van der Waals surface area (Å²) in [4.78, 5) is 0. The van der Waals surface area contributed by atoms with E-state index in [-0.39, 0.29) is 6.04 Å². The van der Waals surface area contributed by atoms with Crippen LogP contribution in [0.1, 0.15) is 45.2 Å². The van der Waals surface area contributed by atoms with E-state index in [4.69, 9.17) is 5.73 Å². The molecule has 2 unspecified atom stereocenters. The van der Waals surface area contributed by atoms with E-state index < -0.39 is 0 Å². The van der Waals surface area contributed by atoms with Crippen molar-refractivity contribution in [1.29, 1.82) is 0 Å².